The number of halogens is 1. The molecule has 0 spiro atoms. The average Bonchev–Trinajstić information content (AvgIpc) is 2.53. The molecule has 0 saturated carbocycles. The van der Waals surface area contributed by atoms with Crippen LogP contribution >= 0.6 is 15.9 Å². The number of benzene rings is 2. The maximum absolute atomic E-state index is 12.1. The molecule has 0 amide bonds. The van der Waals surface area contributed by atoms with E-state index in [-0.39, 0.29) is 10.5 Å². The average molecular weight is 385 g/mol. The van der Waals surface area contributed by atoms with E-state index in [4.69, 9.17) is 9.47 Å². The number of ether oxygens (including phenoxy) is 2. The predicted molar refractivity (Wildman–Crippen MR) is 84.6 cm³/mol. The Morgan fingerprint density at radius 2 is 1.77 bits per heavy atom. The number of carbonyl (C=O) groups excluding carboxylic acids is 1. The lowest BCUT2D eigenvalue weighted by Crippen LogP contribution is -2.15. The molecule has 22 heavy (non-hydrogen) atoms. The van der Waals surface area contributed by atoms with Crippen LogP contribution in [-0.2, 0) is 14.6 Å². The fourth-order valence-corrected chi connectivity index (χ4v) is 3.28. The van der Waals surface area contributed by atoms with Crippen LogP contribution in [0.1, 0.15) is 10.4 Å². The highest BCUT2D eigenvalue weighted by Gasteiger charge is 2.20. The summed E-state index contributed by atoms with van der Waals surface area (Å²) in [6, 6.07) is 12.6. The highest BCUT2D eigenvalue weighted by molar-refractivity contribution is 9.10. The van der Waals surface area contributed by atoms with Crippen molar-refractivity contribution < 1.29 is 22.7 Å². The Kier molecular flexibility index (Phi) is 5.20. The molecule has 0 unspecified atom stereocenters. The highest BCUT2D eigenvalue weighted by atomic mass is 79.9. The van der Waals surface area contributed by atoms with Gasteiger partial charge in [0.15, 0.2) is 5.94 Å². The standard InChI is InChI=1S/C15H13BrO5S/c1-20-14-12(8-5-9-13(14)16)15(17)21-10-22(18,19)11-6-3-2-4-7-11/h2-9H,10H2,1H3. The number of sulfone groups is 1. The predicted octanol–water partition coefficient (Wildman–Crippen LogP) is 3.05. The van der Waals surface area contributed by atoms with Crippen LogP contribution in [0.3, 0.4) is 0 Å². The monoisotopic (exact) mass is 384 g/mol. The van der Waals surface area contributed by atoms with Crippen LogP contribution in [0.25, 0.3) is 0 Å². The van der Waals surface area contributed by atoms with E-state index in [2.05, 4.69) is 15.9 Å². The molecule has 0 aliphatic heterocycles. The smallest absolute Gasteiger partial charge is 0.342 e. The first kappa shape index (κ1) is 16.5. The fourth-order valence-electron chi connectivity index (χ4n) is 1.78. The zero-order chi connectivity index (χ0) is 16.2. The Bertz CT molecular complexity index is 772. The molecule has 2 aromatic rings. The van der Waals surface area contributed by atoms with Gasteiger partial charge in [0.05, 0.1) is 16.5 Å². The molecule has 0 heterocycles. The van der Waals surface area contributed by atoms with Crippen LogP contribution in [0.5, 0.6) is 5.75 Å². The van der Waals surface area contributed by atoms with Gasteiger partial charge >= 0.3 is 5.97 Å². The Labute approximate surface area is 136 Å². The maximum Gasteiger partial charge on any atom is 0.342 e. The second-order valence-electron chi connectivity index (χ2n) is 4.30. The van der Waals surface area contributed by atoms with Gasteiger partial charge in [-0.05, 0) is 40.2 Å². The Balaban J connectivity index is 2.16. The summed E-state index contributed by atoms with van der Waals surface area (Å²) in [5.74, 6) is -1.20. The third kappa shape index (κ3) is 3.66. The Morgan fingerprint density at radius 1 is 1.09 bits per heavy atom. The summed E-state index contributed by atoms with van der Waals surface area (Å²) < 4.78 is 34.8. The van der Waals surface area contributed by atoms with E-state index in [1.165, 1.54) is 25.3 Å². The largest absolute Gasteiger partial charge is 0.495 e. The van der Waals surface area contributed by atoms with E-state index in [9.17, 15) is 13.2 Å². The zero-order valence-corrected chi connectivity index (χ0v) is 14.1. The van der Waals surface area contributed by atoms with Crippen LogP contribution in [0.4, 0.5) is 0 Å². The van der Waals surface area contributed by atoms with E-state index < -0.39 is 21.7 Å². The summed E-state index contributed by atoms with van der Waals surface area (Å²) in [5.41, 5.74) is 0.153. The van der Waals surface area contributed by atoms with Crippen molar-refractivity contribution in [2.75, 3.05) is 13.0 Å². The summed E-state index contributed by atoms with van der Waals surface area (Å²) in [6.45, 7) is 0. The summed E-state index contributed by atoms with van der Waals surface area (Å²) >= 11 is 3.25. The van der Waals surface area contributed by atoms with Gasteiger partial charge in [0.2, 0.25) is 9.84 Å². The SMILES string of the molecule is COc1c(Br)cccc1C(=O)OCS(=O)(=O)c1ccccc1. The molecular formula is C15H13BrO5S. The van der Waals surface area contributed by atoms with Gasteiger partial charge in [-0.2, -0.15) is 0 Å². The van der Waals surface area contributed by atoms with Crippen molar-refractivity contribution in [1.82, 2.24) is 0 Å². The van der Waals surface area contributed by atoms with Crippen molar-refractivity contribution in [2.24, 2.45) is 0 Å². The number of hydrogen-bond acceptors (Lipinski definition) is 5. The molecule has 7 heteroatoms. The van der Waals surface area contributed by atoms with Gasteiger partial charge in [-0.3, -0.25) is 0 Å². The third-order valence-corrected chi connectivity index (χ3v) is 4.88. The topological polar surface area (TPSA) is 69.7 Å². The normalized spacial score (nSPS) is 11.0. The minimum absolute atomic E-state index is 0.101. The molecular weight excluding hydrogens is 372 g/mol. The molecule has 0 radical (unpaired) electrons. The molecule has 0 atom stereocenters. The number of esters is 1. The minimum atomic E-state index is -3.69. The van der Waals surface area contributed by atoms with Crippen LogP contribution in [-0.4, -0.2) is 27.4 Å². The van der Waals surface area contributed by atoms with E-state index in [0.717, 1.165) is 0 Å². The van der Waals surface area contributed by atoms with Crippen molar-refractivity contribution in [3.63, 3.8) is 0 Å². The quantitative estimate of drug-likeness (QED) is 0.740. The second kappa shape index (κ2) is 6.93. The van der Waals surface area contributed by atoms with Gasteiger partial charge in [-0.15, -0.1) is 0 Å². The van der Waals surface area contributed by atoms with Gasteiger partial charge in [0.1, 0.15) is 11.3 Å². The molecule has 0 bridgehead atoms. The van der Waals surface area contributed by atoms with Crippen molar-refractivity contribution in [2.45, 2.75) is 4.90 Å². The number of rotatable bonds is 5. The lowest BCUT2D eigenvalue weighted by Gasteiger charge is -2.10. The van der Waals surface area contributed by atoms with Crippen molar-refractivity contribution in [3.05, 3.63) is 58.6 Å². The molecule has 0 aliphatic rings. The molecule has 0 aromatic heterocycles. The van der Waals surface area contributed by atoms with Crippen molar-refractivity contribution in [3.8, 4) is 5.75 Å². The number of carbonyl (C=O) groups is 1. The summed E-state index contributed by atoms with van der Waals surface area (Å²) in [5, 5.41) is 0. The Morgan fingerprint density at radius 3 is 2.41 bits per heavy atom. The summed E-state index contributed by atoms with van der Waals surface area (Å²) in [4.78, 5) is 12.2. The number of para-hydroxylation sites is 1. The zero-order valence-electron chi connectivity index (χ0n) is 11.7. The van der Waals surface area contributed by atoms with Crippen LogP contribution in [0.2, 0.25) is 0 Å². The van der Waals surface area contributed by atoms with Gasteiger partial charge in [0, 0.05) is 0 Å². The molecule has 0 fully saturated rings. The van der Waals surface area contributed by atoms with Crippen LogP contribution in [0, 0.1) is 0 Å². The van der Waals surface area contributed by atoms with Gasteiger partial charge in [-0.25, -0.2) is 13.2 Å². The van der Waals surface area contributed by atoms with Gasteiger partial charge in [-0.1, -0.05) is 24.3 Å². The second-order valence-corrected chi connectivity index (χ2v) is 7.09. The third-order valence-electron chi connectivity index (χ3n) is 2.84. The number of hydrogen-bond donors (Lipinski definition) is 0. The molecule has 0 aliphatic carbocycles. The Hall–Kier alpha value is -1.86. The molecule has 5 nitrogen and oxygen atoms in total. The summed E-state index contributed by atoms with van der Waals surface area (Å²) in [7, 11) is -2.27. The van der Waals surface area contributed by atoms with E-state index in [1.807, 2.05) is 0 Å². The first-order valence-electron chi connectivity index (χ1n) is 6.23. The number of methoxy groups -OCH3 is 1. The molecule has 116 valence electrons. The van der Waals surface area contributed by atoms with Crippen LogP contribution in [0.15, 0.2) is 57.9 Å². The minimum Gasteiger partial charge on any atom is -0.495 e. The fraction of sp³-hybridized carbons (Fsp3) is 0.133. The van der Waals surface area contributed by atoms with Crippen molar-refractivity contribution in [1.29, 1.82) is 0 Å². The molecule has 0 N–H and O–H groups in total. The van der Waals surface area contributed by atoms with Crippen LogP contribution < -0.4 is 4.74 Å². The first-order chi connectivity index (χ1) is 10.5. The van der Waals surface area contributed by atoms with E-state index >= 15 is 0 Å². The molecule has 2 aromatic carbocycles. The highest BCUT2D eigenvalue weighted by Crippen LogP contribution is 2.29. The van der Waals surface area contributed by atoms with Gasteiger partial charge < -0.3 is 9.47 Å². The van der Waals surface area contributed by atoms with Gasteiger partial charge in [0.25, 0.3) is 0 Å². The molecule has 2 rings (SSSR count). The lowest BCUT2D eigenvalue weighted by molar-refractivity contribution is 0.0567. The lowest BCUT2D eigenvalue weighted by atomic mass is 10.2. The van der Waals surface area contributed by atoms with Crippen molar-refractivity contribution >= 4 is 31.7 Å². The van der Waals surface area contributed by atoms with E-state index in [0.29, 0.717) is 10.2 Å². The summed E-state index contributed by atoms with van der Waals surface area (Å²) in [6.07, 6.45) is 0. The first-order valence-corrected chi connectivity index (χ1v) is 8.67. The van der Waals surface area contributed by atoms with E-state index in [1.54, 1.807) is 30.3 Å². The molecule has 0 saturated heterocycles. The maximum atomic E-state index is 12.1.